The highest BCUT2D eigenvalue weighted by Gasteiger charge is 2.13. The lowest BCUT2D eigenvalue weighted by Gasteiger charge is -2.21. The van der Waals surface area contributed by atoms with Gasteiger partial charge in [0.2, 0.25) is 0 Å². The molecular weight excluding hydrogens is 408 g/mol. The first kappa shape index (κ1) is 23.7. The first-order chi connectivity index (χ1) is 13.2. The van der Waals surface area contributed by atoms with Gasteiger partial charge in [-0.2, -0.15) is 0 Å². The fourth-order valence-corrected chi connectivity index (χ4v) is 4.26. The largest absolute Gasteiger partial charge is 0.345 e. The van der Waals surface area contributed by atoms with Crippen LogP contribution >= 0.6 is 24.8 Å². The molecule has 0 saturated heterocycles. The summed E-state index contributed by atoms with van der Waals surface area (Å²) in [5, 5.41) is 3.43. The third-order valence-electron chi connectivity index (χ3n) is 5.90. The van der Waals surface area contributed by atoms with E-state index >= 15 is 0 Å². The third kappa shape index (κ3) is 5.71. The number of imidazole rings is 1. The van der Waals surface area contributed by atoms with E-state index in [0.717, 1.165) is 45.7 Å². The fraction of sp³-hybridized carbons (Fsp3) is 0.435. The van der Waals surface area contributed by atoms with Crippen LogP contribution in [0.1, 0.15) is 49.7 Å². The minimum Gasteiger partial charge on any atom is -0.345 e. The Balaban J connectivity index is 0.00000150. The van der Waals surface area contributed by atoms with Crippen LogP contribution in [0.2, 0.25) is 0 Å². The van der Waals surface area contributed by atoms with Crippen LogP contribution in [0.5, 0.6) is 0 Å². The predicted octanol–water partition coefficient (Wildman–Crippen LogP) is 6.58. The van der Waals surface area contributed by atoms with Crippen LogP contribution in [0, 0.1) is 18.7 Å². The summed E-state index contributed by atoms with van der Waals surface area (Å²) in [6, 6.07) is 9.68. The second-order valence-corrected chi connectivity index (χ2v) is 7.86. The van der Waals surface area contributed by atoms with Crippen LogP contribution < -0.4 is 5.32 Å². The third-order valence-corrected chi connectivity index (χ3v) is 5.90. The van der Waals surface area contributed by atoms with Gasteiger partial charge in [0, 0.05) is 12.1 Å². The van der Waals surface area contributed by atoms with E-state index in [2.05, 4.69) is 21.4 Å². The Bertz CT molecular complexity index is 920. The number of benzene rings is 2. The molecule has 3 nitrogen and oxygen atoms in total. The average Bonchev–Trinajstić information content (AvgIpc) is 3.13. The fourth-order valence-electron chi connectivity index (χ4n) is 4.26. The van der Waals surface area contributed by atoms with Crippen molar-refractivity contribution in [2.24, 2.45) is 5.92 Å². The van der Waals surface area contributed by atoms with E-state index < -0.39 is 0 Å². The molecule has 0 amide bonds. The highest BCUT2D eigenvalue weighted by molar-refractivity contribution is 5.86. The summed E-state index contributed by atoms with van der Waals surface area (Å²) in [7, 11) is 0. The minimum atomic E-state index is -0.137. The molecule has 1 fully saturated rings. The standard InChI is InChI=1S/C23H28FN3.2ClH/c1-16-11-22-23(27-15-26-22)13-20(16)18-7-8-19(21(24)12-18)14-25-10-9-17-5-3-2-4-6-17;;/h7-8,11-13,15,17,25H,2-6,9-10,14H2,1H3,(H,26,27);2*1H. The quantitative estimate of drug-likeness (QED) is 0.427. The van der Waals surface area contributed by atoms with Crippen LogP contribution in [-0.2, 0) is 6.54 Å². The lowest BCUT2D eigenvalue weighted by Crippen LogP contribution is -2.19. The SMILES string of the molecule is Cc1cc2nc[nH]c2cc1-c1ccc(CNCCC2CCCCC2)c(F)c1.Cl.Cl. The molecule has 0 atom stereocenters. The topological polar surface area (TPSA) is 40.7 Å². The number of rotatable bonds is 6. The first-order valence-electron chi connectivity index (χ1n) is 10.1. The number of nitrogens with one attached hydrogen (secondary N) is 2. The minimum absolute atomic E-state index is 0. The first-order valence-corrected chi connectivity index (χ1v) is 10.1. The van der Waals surface area contributed by atoms with Gasteiger partial charge in [0.25, 0.3) is 0 Å². The summed E-state index contributed by atoms with van der Waals surface area (Å²) in [4.78, 5) is 7.41. The van der Waals surface area contributed by atoms with Crippen molar-refractivity contribution in [1.82, 2.24) is 15.3 Å². The number of fused-ring (bicyclic) bond motifs is 1. The molecule has 1 aliphatic rings. The summed E-state index contributed by atoms with van der Waals surface area (Å²) in [5.41, 5.74) is 5.71. The molecular formula is C23H30Cl2FN3. The zero-order chi connectivity index (χ0) is 18.6. The molecule has 0 bridgehead atoms. The van der Waals surface area contributed by atoms with Crippen molar-refractivity contribution in [3.05, 3.63) is 53.6 Å². The Kier molecular flexibility index (Phi) is 8.94. The van der Waals surface area contributed by atoms with Crippen molar-refractivity contribution in [1.29, 1.82) is 0 Å². The Hall–Kier alpha value is -1.62. The second-order valence-electron chi connectivity index (χ2n) is 7.86. The molecule has 2 N–H and O–H groups in total. The normalized spacial score (nSPS) is 14.4. The van der Waals surface area contributed by atoms with Crippen LogP contribution in [0.15, 0.2) is 36.7 Å². The molecule has 29 heavy (non-hydrogen) atoms. The van der Waals surface area contributed by atoms with Crippen molar-refractivity contribution in [2.75, 3.05) is 6.54 Å². The smallest absolute Gasteiger partial charge is 0.128 e. The Morgan fingerprint density at radius 2 is 1.90 bits per heavy atom. The molecule has 6 heteroatoms. The van der Waals surface area contributed by atoms with Gasteiger partial charge in [-0.1, -0.05) is 44.2 Å². The number of hydrogen-bond donors (Lipinski definition) is 2. The molecule has 1 heterocycles. The molecule has 158 valence electrons. The van der Waals surface area contributed by atoms with E-state index in [-0.39, 0.29) is 30.6 Å². The number of H-pyrrole nitrogens is 1. The maximum atomic E-state index is 14.6. The summed E-state index contributed by atoms with van der Waals surface area (Å²) >= 11 is 0. The van der Waals surface area contributed by atoms with Crippen LogP contribution in [-0.4, -0.2) is 16.5 Å². The van der Waals surface area contributed by atoms with Gasteiger partial charge in [0.05, 0.1) is 17.4 Å². The van der Waals surface area contributed by atoms with Gasteiger partial charge in [-0.3, -0.25) is 0 Å². The van der Waals surface area contributed by atoms with Gasteiger partial charge >= 0.3 is 0 Å². The monoisotopic (exact) mass is 437 g/mol. The maximum absolute atomic E-state index is 14.6. The van der Waals surface area contributed by atoms with E-state index in [0.29, 0.717) is 6.54 Å². The van der Waals surface area contributed by atoms with E-state index in [9.17, 15) is 4.39 Å². The van der Waals surface area contributed by atoms with E-state index in [1.165, 1.54) is 38.5 Å². The van der Waals surface area contributed by atoms with Crippen molar-refractivity contribution in [3.63, 3.8) is 0 Å². The zero-order valence-corrected chi connectivity index (χ0v) is 18.5. The Labute approximate surface area is 184 Å². The molecule has 0 radical (unpaired) electrons. The number of aromatic amines is 1. The van der Waals surface area contributed by atoms with E-state index in [1.807, 2.05) is 25.1 Å². The van der Waals surface area contributed by atoms with Gasteiger partial charge in [-0.25, -0.2) is 9.37 Å². The summed E-state index contributed by atoms with van der Waals surface area (Å²) in [6.07, 6.45) is 9.79. The van der Waals surface area contributed by atoms with Crippen LogP contribution in [0.3, 0.4) is 0 Å². The van der Waals surface area contributed by atoms with E-state index in [4.69, 9.17) is 0 Å². The molecule has 0 unspecified atom stereocenters. The van der Waals surface area contributed by atoms with Gasteiger partial charge < -0.3 is 10.3 Å². The Morgan fingerprint density at radius 3 is 2.66 bits per heavy atom. The number of aryl methyl sites for hydroxylation is 1. The van der Waals surface area contributed by atoms with Crippen molar-refractivity contribution in [3.8, 4) is 11.1 Å². The van der Waals surface area contributed by atoms with Gasteiger partial charge in [-0.15, -0.1) is 24.8 Å². The summed E-state index contributed by atoms with van der Waals surface area (Å²) < 4.78 is 14.6. The second kappa shape index (κ2) is 11.0. The summed E-state index contributed by atoms with van der Waals surface area (Å²) in [5.74, 6) is 0.723. The highest BCUT2D eigenvalue weighted by Crippen LogP contribution is 2.29. The van der Waals surface area contributed by atoms with Gasteiger partial charge in [0.1, 0.15) is 5.82 Å². The van der Waals surface area contributed by atoms with Gasteiger partial charge in [-0.05, 0) is 60.7 Å². The van der Waals surface area contributed by atoms with E-state index in [1.54, 1.807) is 12.4 Å². The number of hydrogen-bond acceptors (Lipinski definition) is 2. The highest BCUT2D eigenvalue weighted by atomic mass is 35.5. The molecule has 1 saturated carbocycles. The number of aromatic nitrogens is 2. The zero-order valence-electron chi connectivity index (χ0n) is 16.8. The lowest BCUT2D eigenvalue weighted by molar-refractivity contribution is 0.333. The van der Waals surface area contributed by atoms with Crippen molar-refractivity contribution in [2.45, 2.75) is 52.0 Å². The predicted molar refractivity (Wildman–Crippen MR) is 124 cm³/mol. The molecule has 3 aromatic rings. The number of nitrogens with zero attached hydrogens (tertiary/aromatic N) is 1. The van der Waals surface area contributed by atoms with Crippen LogP contribution in [0.25, 0.3) is 22.2 Å². The van der Waals surface area contributed by atoms with Crippen molar-refractivity contribution >= 4 is 35.8 Å². The lowest BCUT2D eigenvalue weighted by atomic mass is 9.87. The number of halogens is 3. The molecule has 1 aliphatic carbocycles. The maximum Gasteiger partial charge on any atom is 0.128 e. The molecule has 0 spiro atoms. The molecule has 0 aliphatic heterocycles. The summed E-state index contributed by atoms with van der Waals surface area (Å²) in [6.45, 7) is 3.61. The van der Waals surface area contributed by atoms with Crippen molar-refractivity contribution < 1.29 is 4.39 Å². The Morgan fingerprint density at radius 1 is 1.10 bits per heavy atom. The molecule has 1 aromatic heterocycles. The molecule has 4 rings (SSSR count). The average molecular weight is 438 g/mol. The molecule has 2 aromatic carbocycles. The van der Waals surface area contributed by atoms with Gasteiger partial charge in [0.15, 0.2) is 0 Å². The van der Waals surface area contributed by atoms with Crippen LogP contribution in [0.4, 0.5) is 4.39 Å².